The predicted molar refractivity (Wildman–Crippen MR) is 73.3 cm³/mol. The van der Waals surface area contributed by atoms with E-state index in [2.05, 4.69) is 20.2 Å². The van der Waals surface area contributed by atoms with Crippen LogP contribution in [-0.4, -0.2) is 25.7 Å². The Bertz CT molecular complexity index is 712. The molecule has 3 N–H and O–H groups in total. The second kappa shape index (κ2) is 5.59. The summed E-state index contributed by atoms with van der Waals surface area (Å²) < 4.78 is 40.1. The monoisotopic (exact) mass is 298 g/mol. The largest absolute Gasteiger partial charge is 0.316 e. The maximum absolute atomic E-state index is 13.2. The summed E-state index contributed by atoms with van der Waals surface area (Å²) in [6.45, 7) is 2.05. The minimum Gasteiger partial charge on any atom is -0.316 e. The van der Waals surface area contributed by atoms with Gasteiger partial charge in [-0.15, -0.1) is 0 Å². The molecule has 0 amide bonds. The Kier molecular flexibility index (Phi) is 4.05. The standard InChI is InChI=1S/C12H15FN4O2S/c1-8-3-4-10(13)5-11(8)17-20(18,19)12-9(6-14-2)7-15-16-12/h3-5,7,14,17H,6H2,1-2H3,(H,15,16). The van der Waals surface area contributed by atoms with Gasteiger partial charge in [0.15, 0.2) is 5.03 Å². The number of hydrogen-bond acceptors (Lipinski definition) is 4. The van der Waals surface area contributed by atoms with E-state index in [0.717, 1.165) is 6.07 Å². The SMILES string of the molecule is CNCc1cn[nH]c1S(=O)(=O)Nc1cc(F)ccc1C. The van der Waals surface area contributed by atoms with Gasteiger partial charge in [-0.1, -0.05) is 6.07 Å². The smallest absolute Gasteiger partial charge is 0.279 e. The quantitative estimate of drug-likeness (QED) is 0.778. The van der Waals surface area contributed by atoms with Crippen molar-refractivity contribution in [3.05, 3.63) is 41.3 Å². The summed E-state index contributed by atoms with van der Waals surface area (Å²) in [7, 11) is -2.13. The van der Waals surface area contributed by atoms with Crippen LogP contribution in [0.3, 0.4) is 0 Å². The summed E-state index contributed by atoms with van der Waals surface area (Å²) >= 11 is 0. The first kappa shape index (κ1) is 14.5. The molecule has 0 fully saturated rings. The predicted octanol–water partition coefficient (Wildman–Crippen LogP) is 1.38. The van der Waals surface area contributed by atoms with Gasteiger partial charge in [-0.05, 0) is 31.7 Å². The molecule has 6 nitrogen and oxygen atoms in total. The van der Waals surface area contributed by atoms with Crippen LogP contribution in [0.4, 0.5) is 10.1 Å². The number of anilines is 1. The third-order valence-corrected chi connectivity index (χ3v) is 4.14. The third-order valence-electron chi connectivity index (χ3n) is 2.76. The molecule has 108 valence electrons. The Morgan fingerprint density at radius 2 is 2.15 bits per heavy atom. The van der Waals surface area contributed by atoms with E-state index < -0.39 is 15.8 Å². The molecule has 8 heteroatoms. The molecule has 0 saturated carbocycles. The van der Waals surface area contributed by atoms with Gasteiger partial charge in [0.2, 0.25) is 0 Å². The summed E-state index contributed by atoms with van der Waals surface area (Å²) in [5.41, 5.74) is 1.34. The van der Waals surface area contributed by atoms with Gasteiger partial charge in [0, 0.05) is 12.1 Å². The van der Waals surface area contributed by atoms with E-state index in [1.165, 1.54) is 18.3 Å². The molecule has 0 spiro atoms. The number of nitrogens with zero attached hydrogens (tertiary/aromatic N) is 1. The molecule has 0 saturated heterocycles. The number of aromatic amines is 1. The first-order valence-electron chi connectivity index (χ1n) is 5.90. The van der Waals surface area contributed by atoms with Crippen molar-refractivity contribution < 1.29 is 12.8 Å². The zero-order valence-corrected chi connectivity index (χ0v) is 11.9. The fourth-order valence-corrected chi connectivity index (χ4v) is 3.00. The van der Waals surface area contributed by atoms with Gasteiger partial charge in [-0.25, -0.2) is 4.39 Å². The highest BCUT2D eigenvalue weighted by Gasteiger charge is 2.21. The molecule has 0 aliphatic rings. The normalized spacial score (nSPS) is 11.6. The Hall–Kier alpha value is -1.93. The van der Waals surface area contributed by atoms with E-state index in [9.17, 15) is 12.8 Å². The van der Waals surface area contributed by atoms with Crippen LogP contribution in [0.5, 0.6) is 0 Å². The Morgan fingerprint density at radius 1 is 1.40 bits per heavy atom. The summed E-state index contributed by atoms with van der Waals surface area (Å²) in [6.07, 6.45) is 1.43. The van der Waals surface area contributed by atoms with Crippen LogP contribution < -0.4 is 10.0 Å². The molecule has 0 atom stereocenters. The number of rotatable bonds is 5. The number of aryl methyl sites for hydroxylation is 1. The van der Waals surface area contributed by atoms with E-state index in [-0.39, 0.29) is 10.7 Å². The van der Waals surface area contributed by atoms with Crippen molar-refractivity contribution in [2.24, 2.45) is 0 Å². The second-order valence-electron chi connectivity index (χ2n) is 4.32. The number of benzene rings is 1. The number of aromatic nitrogens is 2. The number of hydrogen-bond donors (Lipinski definition) is 3. The lowest BCUT2D eigenvalue weighted by atomic mass is 10.2. The van der Waals surface area contributed by atoms with Crippen molar-refractivity contribution in [3.8, 4) is 0 Å². The fourth-order valence-electron chi connectivity index (χ4n) is 1.75. The van der Waals surface area contributed by atoms with Crippen molar-refractivity contribution in [2.45, 2.75) is 18.5 Å². The van der Waals surface area contributed by atoms with Crippen LogP contribution in [-0.2, 0) is 16.6 Å². The molecule has 20 heavy (non-hydrogen) atoms. The number of nitrogens with one attached hydrogen (secondary N) is 3. The van der Waals surface area contributed by atoms with Crippen molar-refractivity contribution in [1.29, 1.82) is 0 Å². The highest BCUT2D eigenvalue weighted by Crippen LogP contribution is 2.21. The van der Waals surface area contributed by atoms with Gasteiger partial charge in [0.05, 0.1) is 11.9 Å². The summed E-state index contributed by atoms with van der Waals surface area (Å²) in [6, 6.07) is 3.92. The number of sulfonamides is 1. The lowest BCUT2D eigenvalue weighted by molar-refractivity contribution is 0.594. The van der Waals surface area contributed by atoms with E-state index in [0.29, 0.717) is 17.7 Å². The molecule has 0 bridgehead atoms. The molecule has 0 aliphatic heterocycles. The highest BCUT2D eigenvalue weighted by molar-refractivity contribution is 7.92. The molecule has 1 heterocycles. The number of halogens is 1. The average Bonchev–Trinajstić information content (AvgIpc) is 2.83. The molecule has 0 radical (unpaired) electrons. The molecule has 0 aliphatic carbocycles. The fraction of sp³-hybridized carbons (Fsp3) is 0.250. The maximum atomic E-state index is 13.2. The van der Waals surface area contributed by atoms with Crippen molar-refractivity contribution in [3.63, 3.8) is 0 Å². The third kappa shape index (κ3) is 2.97. The van der Waals surface area contributed by atoms with Gasteiger partial charge >= 0.3 is 0 Å². The van der Waals surface area contributed by atoms with Gasteiger partial charge in [-0.3, -0.25) is 9.82 Å². The first-order chi connectivity index (χ1) is 9.44. The van der Waals surface area contributed by atoms with Crippen LogP contribution in [0.1, 0.15) is 11.1 Å². The maximum Gasteiger partial charge on any atom is 0.279 e. The van der Waals surface area contributed by atoms with E-state index >= 15 is 0 Å². The summed E-state index contributed by atoms with van der Waals surface area (Å²) in [5.74, 6) is -0.506. The van der Waals surface area contributed by atoms with Gasteiger partial charge in [-0.2, -0.15) is 13.5 Å². The molecular formula is C12H15FN4O2S. The molecular weight excluding hydrogens is 283 g/mol. The van der Waals surface area contributed by atoms with Gasteiger partial charge < -0.3 is 5.32 Å². The van der Waals surface area contributed by atoms with Crippen molar-refractivity contribution in [1.82, 2.24) is 15.5 Å². The van der Waals surface area contributed by atoms with Crippen LogP contribution in [0.25, 0.3) is 0 Å². The Labute approximate surface area is 116 Å². The lowest BCUT2D eigenvalue weighted by Gasteiger charge is -2.10. The minimum absolute atomic E-state index is 0.0319. The molecule has 1 aromatic heterocycles. The van der Waals surface area contributed by atoms with E-state index in [1.54, 1.807) is 14.0 Å². The molecule has 1 aromatic carbocycles. The molecule has 2 aromatic rings. The average molecular weight is 298 g/mol. The van der Waals surface area contributed by atoms with Gasteiger partial charge in [0.1, 0.15) is 5.82 Å². The number of H-pyrrole nitrogens is 1. The highest BCUT2D eigenvalue weighted by atomic mass is 32.2. The van der Waals surface area contributed by atoms with Gasteiger partial charge in [0.25, 0.3) is 10.0 Å². The summed E-state index contributed by atoms with van der Waals surface area (Å²) in [4.78, 5) is 0. The van der Waals surface area contributed by atoms with Crippen LogP contribution in [0.15, 0.2) is 29.4 Å². The lowest BCUT2D eigenvalue weighted by Crippen LogP contribution is -2.17. The van der Waals surface area contributed by atoms with Crippen LogP contribution in [0, 0.1) is 12.7 Å². The topological polar surface area (TPSA) is 86.9 Å². The van der Waals surface area contributed by atoms with Crippen LogP contribution >= 0.6 is 0 Å². The van der Waals surface area contributed by atoms with Crippen molar-refractivity contribution in [2.75, 3.05) is 11.8 Å². The molecule has 0 unspecified atom stereocenters. The summed E-state index contributed by atoms with van der Waals surface area (Å²) in [5, 5.41) is 9.00. The van der Waals surface area contributed by atoms with Crippen LogP contribution in [0.2, 0.25) is 0 Å². The second-order valence-corrected chi connectivity index (χ2v) is 5.94. The zero-order valence-electron chi connectivity index (χ0n) is 11.1. The van der Waals surface area contributed by atoms with E-state index in [1.807, 2.05) is 0 Å². The Balaban J connectivity index is 2.36. The first-order valence-corrected chi connectivity index (χ1v) is 7.38. The zero-order chi connectivity index (χ0) is 14.8. The van der Waals surface area contributed by atoms with Crippen molar-refractivity contribution >= 4 is 15.7 Å². The minimum atomic E-state index is -3.84. The molecule has 2 rings (SSSR count). The van der Waals surface area contributed by atoms with E-state index in [4.69, 9.17) is 0 Å². The Morgan fingerprint density at radius 3 is 2.85 bits per heavy atom.